The number of nitrogens with one attached hydrogen (secondary N) is 1. The monoisotopic (exact) mass is 410 g/mol. The summed E-state index contributed by atoms with van der Waals surface area (Å²) in [5.41, 5.74) is 2.87. The van der Waals surface area contributed by atoms with Crippen molar-refractivity contribution in [3.05, 3.63) is 88.6 Å². The second-order valence-corrected chi connectivity index (χ2v) is 6.93. The highest BCUT2D eigenvalue weighted by molar-refractivity contribution is 6.31. The molecule has 0 unspecified atom stereocenters. The van der Waals surface area contributed by atoms with Crippen LogP contribution in [0.5, 0.6) is 0 Å². The first kappa shape index (κ1) is 18.9. The molecule has 146 valence electrons. The molecule has 0 atom stereocenters. The van der Waals surface area contributed by atoms with Gasteiger partial charge in [0.15, 0.2) is 11.5 Å². The van der Waals surface area contributed by atoms with Gasteiger partial charge in [-0.2, -0.15) is 5.10 Å². The van der Waals surface area contributed by atoms with Crippen LogP contribution in [0.4, 0.5) is 10.1 Å². The van der Waals surface area contributed by atoms with Crippen LogP contribution in [0.1, 0.15) is 21.6 Å². The van der Waals surface area contributed by atoms with Crippen LogP contribution in [0.25, 0.3) is 11.3 Å². The molecule has 0 bridgehead atoms. The van der Waals surface area contributed by atoms with E-state index in [9.17, 15) is 9.18 Å². The van der Waals surface area contributed by atoms with Gasteiger partial charge in [-0.1, -0.05) is 52.7 Å². The van der Waals surface area contributed by atoms with E-state index in [2.05, 4.69) is 15.6 Å². The topological polar surface area (TPSA) is 73.0 Å². The van der Waals surface area contributed by atoms with E-state index in [1.807, 2.05) is 31.2 Å². The molecular formula is C21H16ClFN4O2. The maximum Gasteiger partial charge on any atom is 0.277 e. The molecule has 29 heavy (non-hydrogen) atoms. The largest absolute Gasteiger partial charge is 0.355 e. The molecule has 0 fully saturated rings. The first-order valence-corrected chi connectivity index (χ1v) is 9.18. The van der Waals surface area contributed by atoms with Crippen LogP contribution >= 0.6 is 11.6 Å². The van der Waals surface area contributed by atoms with Crippen LogP contribution < -0.4 is 5.32 Å². The molecule has 8 heteroatoms. The molecule has 0 radical (unpaired) electrons. The molecule has 4 aromatic rings. The zero-order valence-corrected chi connectivity index (χ0v) is 16.2. The van der Waals surface area contributed by atoms with Crippen molar-refractivity contribution in [1.29, 1.82) is 0 Å². The average Bonchev–Trinajstić information content (AvgIpc) is 3.35. The van der Waals surface area contributed by atoms with E-state index in [0.29, 0.717) is 22.0 Å². The van der Waals surface area contributed by atoms with Crippen molar-refractivity contribution in [3.8, 4) is 11.3 Å². The Kier molecular flexibility index (Phi) is 5.14. The van der Waals surface area contributed by atoms with E-state index >= 15 is 0 Å². The summed E-state index contributed by atoms with van der Waals surface area (Å²) < 4.78 is 20.7. The zero-order chi connectivity index (χ0) is 20.4. The van der Waals surface area contributed by atoms with Gasteiger partial charge in [0.05, 0.1) is 18.4 Å². The number of rotatable bonds is 5. The molecule has 2 heterocycles. The molecular weight excluding hydrogens is 395 g/mol. The highest BCUT2D eigenvalue weighted by atomic mass is 35.5. The van der Waals surface area contributed by atoms with Gasteiger partial charge in [-0.25, -0.2) is 4.39 Å². The smallest absolute Gasteiger partial charge is 0.277 e. The maximum atomic E-state index is 13.9. The van der Waals surface area contributed by atoms with Gasteiger partial charge >= 0.3 is 0 Å². The Morgan fingerprint density at radius 2 is 2.03 bits per heavy atom. The normalized spacial score (nSPS) is 10.9. The Balaban J connectivity index is 1.45. The first-order chi connectivity index (χ1) is 14.0. The number of halogens is 2. The van der Waals surface area contributed by atoms with Gasteiger partial charge in [-0.3, -0.25) is 9.48 Å². The quantitative estimate of drug-likeness (QED) is 0.505. The molecule has 0 spiro atoms. The number of amides is 1. The lowest BCUT2D eigenvalue weighted by molar-refractivity contribution is 0.101. The number of anilines is 1. The predicted molar refractivity (Wildman–Crippen MR) is 107 cm³/mol. The number of aryl methyl sites for hydroxylation is 1. The Morgan fingerprint density at radius 1 is 1.24 bits per heavy atom. The highest BCUT2D eigenvalue weighted by Gasteiger charge is 2.15. The summed E-state index contributed by atoms with van der Waals surface area (Å²) in [4.78, 5) is 12.4. The number of aromatic nitrogens is 3. The molecule has 1 N–H and O–H groups in total. The van der Waals surface area contributed by atoms with Gasteiger partial charge in [0.1, 0.15) is 5.82 Å². The van der Waals surface area contributed by atoms with E-state index in [-0.39, 0.29) is 12.2 Å². The summed E-state index contributed by atoms with van der Waals surface area (Å²) in [6.45, 7) is 2.13. The number of hydrogen-bond acceptors (Lipinski definition) is 4. The SMILES string of the molecule is Cc1ccc(-c2cc(C(=O)Nc3cnn(Cc4c(F)cccc4Cl)c3)no2)cc1. The molecule has 6 nitrogen and oxygen atoms in total. The summed E-state index contributed by atoms with van der Waals surface area (Å²) in [7, 11) is 0. The zero-order valence-electron chi connectivity index (χ0n) is 15.4. The minimum atomic E-state index is -0.435. The van der Waals surface area contributed by atoms with Gasteiger partial charge in [0, 0.05) is 28.4 Å². The van der Waals surface area contributed by atoms with Crippen LogP contribution in [0, 0.1) is 12.7 Å². The van der Waals surface area contributed by atoms with E-state index in [1.54, 1.807) is 24.4 Å². The summed E-state index contributed by atoms with van der Waals surface area (Å²) >= 11 is 6.04. The summed E-state index contributed by atoms with van der Waals surface area (Å²) in [6, 6.07) is 13.8. The first-order valence-electron chi connectivity index (χ1n) is 8.80. The number of carbonyl (C=O) groups excluding carboxylic acids is 1. The summed E-state index contributed by atoms with van der Waals surface area (Å²) in [5.74, 6) is -0.347. The molecule has 4 rings (SSSR count). The molecule has 0 saturated carbocycles. The van der Waals surface area contributed by atoms with Crippen LogP contribution in [0.3, 0.4) is 0 Å². The van der Waals surface area contributed by atoms with Crippen LogP contribution in [-0.4, -0.2) is 20.8 Å². The van der Waals surface area contributed by atoms with Crippen molar-refractivity contribution in [3.63, 3.8) is 0 Å². The van der Waals surface area contributed by atoms with E-state index < -0.39 is 11.7 Å². The van der Waals surface area contributed by atoms with Crippen molar-refractivity contribution >= 4 is 23.2 Å². The third-order valence-electron chi connectivity index (χ3n) is 4.35. The van der Waals surface area contributed by atoms with E-state index in [4.69, 9.17) is 16.1 Å². The summed E-state index contributed by atoms with van der Waals surface area (Å²) in [5, 5.41) is 11.0. The molecule has 2 aromatic heterocycles. The predicted octanol–water partition coefficient (Wildman–Crippen LogP) is 4.94. The van der Waals surface area contributed by atoms with Gasteiger partial charge in [-0.05, 0) is 19.1 Å². The molecule has 0 saturated heterocycles. The lowest BCUT2D eigenvalue weighted by Gasteiger charge is -2.05. The highest BCUT2D eigenvalue weighted by Crippen LogP contribution is 2.22. The standard InChI is InChI=1S/C21H16ClFN4O2/c1-13-5-7-14(8-6-13)20-9-19(26-29-20)21(28)25-15-10-24-27(11-15)12-16-17(22)3-2-4-18(16)23/h2-11H,12H2,1H3,(H,25,28). The number of benzene rings is 2. The minimum absolute atomic E-state index is 0.142. The lowest BCUT2D eigenvalue weighted by atomic mass is 10.1. The second-order valence-electron chi connectivity index (χ2n) is 6.52. The van der Waals surface area contributed by atoms with Crippen LogP contribution in [0.2, 0.25) is 5.02 Å². The Labute approximate surface area is 170 Å². The minimum Gasteiger partial charge on any atom is -0.355 e. The van der Waals surface area contributed by atoms with Crippen molar-refractivity contribution in [2.45, 2.75) is 13.5 Å². The Bertz CT molecular complexity index is 1150. The fourth-order valence-electron chi connectivity index (χ4n) is 2.79. The van der Waals surface area contributed by atoms with Gasteiger partial charge in [0.2, 0.25) is 0 Å². The molecule has 2 aromatic carbocycles. The van der Waals surface area contributed by atoms with Crippen molar-refractivity contribution in [2.24, 2.45) is 0 Å². The summed E-state index contributed by atoms with van der Waals surface area (Å²) in [6.07, 6.45) is 3.05. The van der Waals surface area contributed by atoms with Crippen LogP contribution in [-0.2, 0) is 6.54 Å². The number of carbonyl (C=O) groups is 1. The second kappa shape index (κ2) is 7.89. The Morgan fingerprint density at radius 3 is 2.79 bits per heavy atom. The third kappa shape index (κ3) is 4.20. The molecule has 0 aliphatic carbocycles. The van der Waals surface area contributed by atoms with Crippen molar-refractivity contribution < 1.29 is 13.7 Å². The average molecular weight is 411 g/mol. The van der Waals surface area contributed by atoms with E-state index in [0.717, 1.165) is 11.1 Å². The van der Waals surface area contributed by atoms with Crippen molar-refractivity contribution in [1.82, 2.24) is 14.9 Å². The number of nitrogens with zero attached hydrogens (tertiary/aromatic N) is 3. The molecule has 0 aliphatic rings. The lowest BCUT2D eigenvalue weighted by Crippen LogP contribution is -2.11. The van der Waals surface area contributed by atoms with Gasteiger partial charge in [-0.15, -0.1) is 0 Å². The fourth-order valence-corrected chi connectivity index (χ4v) is 3.01. The number of hydrogen-bond donors (Lipinski definition) is 1. The van der Waals surface area contributed by atoms with Gasteiger partial charge in [0.25, 0.3) is 5.91 Å². The van der Waals surface area contributed by atoms with Crippen molar-refractivity contribution in [2.75, 3.05) is 5.32 Å². The van der Waals surface area contributed by atoms with Crippen LogP contribution in [0.15, 0.2) is 65.4 Å². The Hall–Kier alpha value is -3.45. The van der Waals surface area contributed by atoms with E-state index in [1.165, 1.54) is 16.9 Å². The maximum absolute atomic E-state index is 13.9. The fraction of sp³-hybridized carbons (Fsp3) is 0.0952. The van der Waals surface area contributed by atoms with Gasteiger partial charge < -0.3 is 9.84 Å². The third-order valence-corrected chi connectivity index (χ3v) is 4.71. The molecule has 0 aliphatic heterocycles. The molecule has 1 amide bonds.